The first-order valence-corrected chi connectivity index (χ1v) is 9.64. The lowest BCUT2D eigenvalue weighted by Crippen LogP contribution is -2.46. The maximum atomic E-state index is 3.51. The lowest BCUT2D eigenvalue weighted by atomic mass is 9.84. The van der Waals surface area contributed by atoms with Crippen molar-refractivity contribution in [3.8, 4) is 0 Å². The third-order valence-corrected chi connectivity index (χ3v) is 5.84. The molecule has 1 saturated heterocycles. The molecule has 2 atom stereocenters. The fourth-order valence-corrected chi connectivity index (χ4v) is 4.38. The molecule has 0 aliphatic carbocycles. The van der Waals surface area contributed by atoms with Crippen LogP contribution in [0.5, 0.6) is 0 Å². The van der Waals surface area contributed by atoms with E-state index in [0.29, 0.717) is 12.0 Å². The average Bonchev–Trinajstić information content (AvgIpc) is 2.68. The molecule has 3 aromatic rings. The molecule has 1 heterocycles. The van der Waals surface area contributed by atoms with Gasteiger partial charge < -0.3 is 5.32 Å². The Hall–Kier alpha value is -1.90. The summed E-state index contributed by atoms with van der Waals surface area (Å²) in [6, 6.07) is 20.7. The van der Waals surface area contributed by atoms with Crippen LogP contribution in [0.25, 0.3) is 21.5 Å². The maximum absolute atomic E-state index is 3.51. The van der Waals surface area contributed by atoms with Crippen LogP contribution in [-0.2, 0) is 0 Å². The molecular weight excluding hydrogens is 304 g/mol. The van der Waals surface area contributed by atoms with E-state index in [1.54, 1.807) is 0 Å². The molecule has 1 N–H and O–H groups in total. The standard InChI is InChI=1S/C23H28N2/c1-3-17(2)23(25-14-12-24-13-15-25)22-20-10-6-4-8-18(20)16-19-9-5-7-11-21(19)22/h4-11,16-17,23-24H,3,12-15H2,1-2H3/t17?,23-/m1/s1. The predicted molar refractivity (Wildman–Crippen MR) is 108 cm³/mol. The summed E-state index contributed by atoms with van der Waals surface area (Å²) in [6.07, 6.45) is 1.20. The lowest BCUT2D eigenvalue weighted by Gasteiger charge is -2.39. The average molecular weight is 332 g/mol. The highest BCUT2D eigenvalue weighted by molar-refractivity contribution is 6.02. The zero-order valence-corrected chi connectivity index (χ0v) is 15.3. The minimum absolute atomic E-state index is 0.475. The molecule has 0 spiro atoms. The Labute approximate surface area is 150 Å². The Morgan fingerprint density at radius 3 is 2.04 bits per heavy atom. The van der Waals surface area contributed by atoms with Crippen molar-refractivity contribution in [1.29, 1.82) is 0 Å². The Balaban J connectivity index is 1.99. The van der Waals surface area contributed by atoms with Gasteiger partial charge in [0, 0.05) is 32.2 Å². The number of rotatable bonds is 4. The fraction of sp³-hybridized carbons (Fsp3) is 0.391. The van der Waals surface area contributed by atoms with Crippen LogP contribution in [0.3, 0.4) is 0 Å². The molecule has 1 unspecified atom stereocenters. The molecule has 4 rings (SSSR count). The summed E-state index contributed by atoms with van der Waals surface area (Å²) in [6.45, 7) is 9.20. The summed E-state index contributed by atoms with van der Waals surface area (Å²) in [7, 11) is 0. The summed E-state index contributed by atoms with van der Waals surface area (Å²) >= 11 is 0. The lowest BCUT2D eigenvalue weighted by molar-refractivity contribution is 0.130. The van der Waals surface area contributed by atoms with Crippen LogP contribution >= 0.6 is 0 Å². The second kappa shape index (κ2) is 7.15. The summed E-state index contributed by atoms with van der Waals surface area (Å²) in [5, 5.41) is 9.07. The molecule has 1 aliphatic heterocycles. The Morgan fingerprint density at radius 2 is 1.48 bits per heavy atom. The molecule has 0 amide bonds. The molecule has 1 fully saturated rings. The second-order valence-electron chi connectivity index (χ2n) is 7.35. The summed E-state index contributed by atoms with van der Waals surface area (Å²) in [4.78, 5) is 2.71. The van der Waals surface area contributed by atoms with E-state index in [1.165, 1.54) is 33.5 Å². The minimum Gasteiger partial charge on any atom is -0.314 e. The van der Waals surface area contributed by atoms with Crippen LogP contribution in [0.4, 0.5) is 0 Å². The van der Waals surface area contributed by atoms with Gasteiger partial charge in [-0.05, 0) is 39.1 Å². The van der Waals surface area contributed by atoms with Crippen molar-refractivity contribution in [3.63, 3.8) is 0 Å². The van der Waals surface area contributed by atoms with Gasteiger partial charge in [0.15, 0.2) is 0 Å². The smallest absolute Gasteiger partial charge is 0.0386 e. The van der Waals surface area contributed by atoms with E-state index in [0.717, 1.165) is 26.2 Å². The van der Waals surface area contributed by atoms with Crippen LogP contribution in [0.15, 0.2) is 54.6 Å². The van der Waals surface area contributed by atoms with E-state index in [1.807, 2.05) is 0 Å². The van der Waals surface area contributed by atoms with Crippen molar-refractivity contribution >= 4 is 21.5 Å². The van der Waals surface area contributed by atoms with Gasteiger partial charge in [-0.15, -0.1) is 0 Å². The van der Waals surface area contributed by atoms with Crippen LogP contribution in [0.1, 0.15) is 31.9 Å². The number of hydrogen-bond donors (Lipinski definition) is 1. The van der Waals surface area contributed by atoms with E-state index < -0.39 is 0 Å². The fourth-order valence-electron chi connectivity index (χ4n) is 4.38. The number of piperazine rings is 1. The predicted octanol–water partition coefficient (Wildman–Crippen LogP) is 4.99. The highest BCUT2D eigenvalue weighted by atomic mass is 15.2. The number of fused-ring (bicyclic) bond motifs is 2. The van der Waals surface area contributed by atoms with Gasteiger partial charge in [0.05, 0.1) is 0 Å². The first kappa shape index (κ1) is 16.6. The van der Waals surface area contributed by atoms with Gasteiger partial charge in [0.1, 0.15) is 0 Å². The monoisotopic (exact) mass is 332 g/mol. The third-order valence-electron chi connectivity index (χ3n) is 5.84. The zero-order valence-electron chi connectivity index (χ0n) is 15.3. The van der Waals surface area contributed by atoms with Crippen molar-refractivity contribution in [2.75, 3.05) is 26.2 Å². The Morgan fingerprint density at radius 1 is 0.920 bits per heavy atom. The topological polar surface area (TPSA) is 15.3 Å². The molecular formula is C23H28N2. The summed E-state index contributed by atoms with van der Waals surface area (Å²) in [5.41, 5.74) is 1.53. The Kier molecular flexibility index (Phi) is 4.74. The molecule has 0 aromatic heterocycles. The minimum atomic E-state index is 0.475. The maximum Gasteiger partial charge on any atom is 0.0386 e. The molecule has 25 heavy (non-hydrogen) atoms. The summed E-state index contributed by atoms with van der Waals surface area (Å²) < 4.78 is 0. The molecule has 2 heteroatoms. The molecule has 0 saturated carbocycles. The molecule has 3 aromatic carbocycles. The van der Waals surface area contributed by atoms with Gasteiger partial charge in [-0.1, -0.05) is 68.8 Å². The van der Waals surface area contributed by atoms with Gasteiger partial charge in [-0.2, -0.15) is 0 Å². The quantitative estimate of drug-likeness (QED) is 0.677. The number of hydrogen-bond acceptors (Lipinski definition) is 2. The molecule has 0 radical (unpaired) electrons. The highest BCUT2D eigenvalue weighted by Crippen LogP contribution is 2.40. The first-order chi connectivity index (χ1) is 12.3. The normalized spacial score (nSPS) is 18.5. The van der Waals surface area contributed by atoms with Gasteiger partial charge >= 0.3 is 0 Å². The van der Waals surface area contributed by atoms with Crippen molar-refractivity contribution in [2.24, 2.45) is 5.92 Å². The van der Waals surface area contributed by atoms with Gasteiger partial charge in [0.25, 0.3) is 0 Å². The van der Waals surface area contributed by atoms with E-state index >= 15 is 0 Å². The van der Waals surface area contributed by atoms with E-state index in [4.69, 9.17) is 0 Å². The Bertz CT molecular complexity index is 810. The first-order valence-electron chi connectivity index (χ1n) is 9.64. The van der Waals surface area contributed by atoms with Crippen LogP contribution in [0.2, 0.25) is 0 Å². The van der Waals surface area contributed by atoms with Crippen molar-refractivity contribution in [1.82, 2.24) is 10.2 Å². The van der Waals surface area contributed by atoms with E-state index in [2.05, 4.69) is 78.7 Å². The third kappa shape index (κ3) is 3.05. The van der Waals surface area contributed by atoms with E-state index in [9.17, 15) is 0 Å². The zero-order chi connectivity index (χ0) is 17.2. The van der Waals surface area contributed by atoms with Gasteiger partial charge in [-0.25, -0.2) is 0 Å². The van der Waals surface area contributed by atoms with Crippen molar-refractivity contribution in [2.45, 2.75) is 26.3 Å². The molecule has 130 valence electrons. The highest BCUT2D eigenvalue weighted by Gasteiger charge is 2.29. The van der Waals surface area contributed by atoms with E-state index in [-0.39, 0.29) is 0 Å². The molecule has 2 nitrogen and oxygen atoms in total. The van der Waals surface area contributed by atoms with Crippen molar-refractivity contribution < 1.29 is 0 Å². The van der Waals surface area contributed by atoms with Gasteiger partial charge in [0.2, 0.25) is 0 Å². The van der Waals surface area contributed by atoms with Gasteiger partial charge in [-0.3, -0.25) is 4.90 Å². The van der Waals surface area contributed by atoms with Crippen LogP contribution in [-0.4, -0.2) is 31.1 Å². The number of nitrogens with one attached hydrogen (secondary N) is 1. The molecule has 0 bridgehead atoms. The number of benzene rings is 3. The van der Waals surface area contributed by atoms with Crippen LogP contribution < -0.4 is 5.32 Å². The molecule has 1 aliphatic rings. The van der Waals surface area contributed by atoms with Crippen LogP contribution in [0, 0.1) is 5.92 Å². The SMILES string of the molecule is CCC(C)[C@H](c1c2ccccc2cc2ccccc12)N1CCNCC1. The largest absolute Gasteiger partial charge is 0.314 e. The van der Waals surface area contributed by atoms with Crippen molar-refractivity contribution in [3.05, 3.63) is 60.2 Å². The summed E-state index contributed by atoms with van der Waals surface area (Å²) in [5.74, 6) is 0.632. The number of nitrogens with zero attached hydrogens (tertiary/aromatic N) is 1. The second-order valence-corrected chi connectivity index (χ2v) is 7.35.